The molecule has 0 atom stereocenters. The molecule has 28 heavy (non-hydrogen) atoms. The van der Waals surface area contributed by atoms with Crippen LogP contribution in [0.5, 0.6) is 5.75 Å². The fraction of sp³-hybridized carbons (Fsp3) is 0.364. The quantitative estimate of drug-likeness (QED) is 0.661. The molecule has 6 heteroatoms. The third-order valence-electron chi connectivity index (χ3n) is 5.30. The molecule has 0 unspecified atom stereocenters. The first-order chi connectivity index (χ1) is 13.7. The van der Waals surface area contributed by atoms with Crippen molar-refractivity contribution in [2.75, 3.05) is 40.3 Å². The van der Waals surface area contributed by atoms with E-state index < -0.39 is 0 Å². The third kappa shape index (κ3) is 4.40. The summed E-state index contributed by atoms with van der Waals surface area (Å²) in [6.07, 6.45) is 1.62. The number of aromatic nitrogens is 3. The first-order valence-electron chi connectivity index (χ1n) is 9.72. The van der Waals surface area contributed by atoms with Crippen molar-refractivity contribution in [2.45, 2.75) is 13.1 Å². The van der Waals surface area contributed by atoms with E-state index in [0.29, 0.717) is 6.54 Å². The van der Waals surface area contributed by atoms with Crippen LogP contribution in [0.15, 0.2) is 54.9 Å². The second-order valence-corrected chi connectivity index (χ2v) is 7.37. The van der Waals surface area contributed by atoms with Crippen LogP contribution in [0.3, 0.4) is 0 Å². The number of ether oxygens (including phenoxy) is 1. The topological polar surface area (TPSA) is 46.4 Å². The molecule has 0 aliphatic carbocycles. The van der Waals surface area contributed by atoms with Gasteiger partial charge < -0.3 is 9.64 Å². The minimum Gasteiger partial charge on any atom is -0.497 e. The summed E-state index contributed by atoms with van der Waals surface area (Å²) < 4.78 is 7.25. The third-order valence-corrected chi connectivity index (χ3v) is 5.30. The first kappa shape index (κ1) is 18.7. The molecule has 0 bridgehead atoms. The van der Waals surface area contributed by atoms with Crippen molar-refractivity contribution in [3.63, 3.8) is 0 Å². The highest BCUT2D eigenvalue weighted by molar-refractivity contribution is 5.55. The van der Waals surface area contributed by atoms with E-state index >= 15 is 0 Å². The van der Waals surface area contributed by atoms with E-state index in [2.05, 4.69) is 57.3 Å². The molecule has 0 amide bonds. The maximum absolute atomic E-state index is 5.32. The van der Waals surface area contributed by atoms with Gasteiger partial charge in [-0.25, -0.2) is 9.67 Å². The summed E-state index contributed by atoms with van der Waals surface area (Å²) in [5.41, 5.74) is 3.56. The summed E-state index contributed by atoms with van der Waals surface area (Å²) in [5.74, 6) is 1.74. The van der Waals surface area contributed by atoms with Gasteiger partial charge in [-0.2, -0.15) is 5.10 Å². The van der Waals surface area contributed by atoms with Crippen molar-refractivity contribution in [1.82, 2.24) is 24.6 Å². The zero-order valence-electron chi connectivity index (χ0n) is 16.6. The normalized spacial score (nSPS) is 15.6. The van der Waals surface area contributed by atoms with E-state index in [0.717, 1.165) is 55.4 Å². The van der Waals surface area contributed by atoms with Gasteiger partial charge in [-0.15, -0.1) is 0 Å². The van der Waals surface area contributed by atoms with Gasteiger partial charge in [0.25, 0.3) is 0 Å². The van der Waals surface area contributed by atoms with Crippen molar-refractivity contribution in [3.8, 4) is 17.1 Å². The van der Waals surface area contributed by atoms with E-state index in [1.807, 2.05) is 22.9 Å². The van der Waals surface area contributed by atoms with Crippen LogP contribution in [0.25, 0.3) is 11.4 Å². The van der Waals surface area contributed by atoms with Crippen LogP contribution in [0.4, 0.5) is 0 Å². The fourth-order valence-corrected chi connectivity index (χ4v) is 3.57. The Labute approximate surface area is 166 Å². The smallest absolute Gasteiger partial charge is 0.158 e. The average molecular weight is 377 g/mol. The molecule has 2 heterocycles. The lowest BCUT2D eigenvalue weighted by Gasteiger charge is -2.32. The number of benzene rings is 2. The Bertz CT molecular complexity index is 897. The van der Waals surface area contributed by atoms with Crippen LogP contribution in [0.1, 0.15) is 11.1 Å². The van der Waals surface area contributed by atoms with Crippen LogP contribution in [-0.4, -0.2) is 64.9 Å². The molecule has 4 rings (SSSR count). The van der Waals surface area contributed by atoms with Crippen molar-refractivity contribution >= 4 is 0 Å². The number of methoxy groups -OCH3 is 1. The van der Waals surface area contributed by atoms with Crippen LogP contribution < -0.4 is 4.74 Å². The highest BCUT2D eigenvalue weighted by Gasteiger charge is 2.14. The van der Waals surface area contributed by atoms with E-state index in [-0.39, 0.29) is 0 Å². The molecule has 3 aromatic rings. The average Bonchev–Trinajstić information content (AvgIpc) is 3.18. The second kappa shape index (κ2) is 8.54. The molecule has 146 valence electrons. The summed E-state index contributed by atoms with van der Waals surface area (Å²) in [7, 11) is 3.87. The Morgan fingerprint density at radius 2 is 1.71 bits per heavy atom. The van der Waals surface area contributed by atoms with E-state index in [1.165, 1.54) is 5.56 Å². The van der Waals surface area contributed by atoms with Gasteiger partial charge in [-0.05, 0) is 30.3 Å². The van der Waals surface area contributed by atoms with Gasteiger partial charge in [0.2, 0.25) is 0 Å². The van der Waals surface area contributed by atoms with Crippen molar-refractivity contribution in [3.05, 3.63) is 66.0 Å². The minimum atomic E-state index is 0.662. The van der Waals surface area contributed by atoms with Crippen molar-refractivity contribution in [1.29, 1.82) is 0 Å². The van der Waals surface area contributed by atoms with Gasteiger partial charge in [0.1, 0.15) is 12.1 Å². The number of hydrogen-bond acceptors (Lipinski definition) is 5. The Kier molecular flexibility index (Phi) is 5.69. The second-order valence-electron chi connectivity index (χ2n) is 7.37. The monoisotopic (exact) mass is 377 g/mol. The van der Waals surface area contributed by atoms with E-state index in [4.69, 9.17) is 4.74 Å². The van der Waals surface area contributed by atoms with Gasteiger partial charge in [-0.3, -0.25) is 4.90 Å². The number of piperazine rings is 1. The molecule has 0 radical (unpaired) electrons. The predicted molar refractivity (Wildman–Crippen MR) is 110 cm³/mol. The van der Waals surface area contributed by atoms with Crippen LogP contribution in [0.2, 0.25) is 0 Å². The lowest BCUT2D eigenvalue weighted by atomic mass is 10.1. The summed E-state index contributed by atoms with van der Waals surface area (Å²) in [4.78, 5) is 9.38. The van der Waals surface area contributed by atoms with Gasteiger partial charge in [0.05, 0.1) is 13.7 Å². The molecule has 0 spiro atoms. The zero-order valence-corrected chi connectivity index (χ0v) is 16.6. The van der Waals surface area contributed by atoms with Gasteiger partial charge in [0.15, 0.2) is 5.82 Å². The summed E-state index contributed by atoms with van der Waals surface area (Å²) >= 11 is 0. The minimum absolute atomic E-state index is 0.662. The lowest BCUT2D eigenvalue weighted by Crippen LogP contribution is -2.43. The molecule has 1 fully saturated rings. The Morgan fingerprint density at radius 3 is 2.46 bits per heavy atom. The largest absolute Gasteiger partial charge is 0.497 e. The van der Waals surface area contributed by atoms with Crippen LogP contribution in [0, 0.1) is 0 Å². The summed E-state index contributed by atoms with van der Waals surface area (Å²) in [6.45, 7) is 6.22. The van der Waals surface area contributed by atoms with Crippen LogP contribution >= 0.6 is 0 Å². The first-order valence-corrected chi connectivity index (χ1v) is 9.72. The highest BCUT2D eigenvalue weighted by Crippen LogP contribution is 2.20. The molecule has 0 N–H and O–H groups in total. The highest BCUT2D eigenvalue weighted by atomic mass is 16.5. The molecule has 1 aromatic heterocycles. The van der Waals surface area contributed by atoms with Crippen molar-refractivity contribution in [2.24, 2.45) is 0 Å². The van der Waals surface area contributed by atoms with E-state index in [9.17, 15) is 0 Å². The lowest BCUT2D eigenvalue weighted by molar-refractivity contribution is 0.148. The van der Waals surface area contributed by atoms with Crippen molar-refractivity contribution < 1.29 is 4.74 Å². The fourth-order valence-electron chi connectivity index (χ4n) is 3.57. The number of hydrogen-bond donors (Lipinski definition) is 0. The molecular formula is C22H27N5O. The molecule has 0 saturated carbocycles. The number of likely N-dealkylation sites (N-methyl/N-ethyl adjacent to an activating group) is 1. The molecule has 1 aliphatic heterocycles. The number of rotatable bonds is 6. The van der Waals surface area contributed by atoms with Gasteiger partial charge in [-0.1, -0.05) is 36.4 Å². The summed E-state index contributed by atoms with van der Waals surface area (Å²) in [6, 6.07) is 16.8. The molecule has 6 nitrogen and oxygen atoms in total. The predicted octanol–water partition coefficient (Wildman–Crippen LogP) is 2.75. The Balaban J connectivity index is 1.45. The standard InChI is InChI=1S/C22H27N5O/c1-25-10-12-26(13-11-25)15-18-6-8-20(9-7-18)22-23-17-24-27(22)16-19-4-3-5-21(14-19)28-2/h3-9,14,17H,10-13,15-16H2,1-2H3. The molecule has 2 aromatic carbocycles. The zero-order chi connectivity index (χ0) is 19.3. The Morgan fingerprint density at radius 1 is 0.929 bits per heavy atom. The summed E-state index contributed by atoms with van der Waals surface area (Å²) in [5, 5.41) is 4.42. The maximum atomic E-state index is 5.32. The maximum Gasteiger partial charge on any atom is 0.158 e. The van der Waals surface area contributed by atoms with Gasteiger partial charge in [0, 0.05) is 38.3 Å². The molecular weight excluding hydrogens is 350 g/mol. The molecule has 1 saturated heterocycles. The number of nitrogens with zero attached hydrogens (tertiary/aromatic N) is 5. The SMILES string of the molecule is COc1cccc(Cn2ncnc2-c2ccc(CN3CCN(C)CC3)cc2)c1. The molecule has 1 aliphatic rings. The van der Waals surface area contributed by atoms with Crippen LogP contribution in [-0.2, 0) is 13.1 Å². The van der Waals surface area contributed by atoms with Gasteiger partial charge >= 0.3 is 0 Å². The Hall–Kier alpha value is -2.70. The van der Waals surface area contributed by atoms with E-state index in [1.54, 1.807) is 13.4 Å².